The van der Waals surface area contributed by atoms with Crippen molar-refractivity contribution in [2.75, 3.05) is 56.4 Å². The van der Waals surface area contributed by atoms with E-state index >= 15 is 0 Å². The number of alkyl halides is 3. The highest BCUT2D eigenvalue weighted by Crippen LogP contribution is 2.36. The Morgan fingerprint density at radius 3 is 2.23 bits per heavy atom. The molecular weight excluding hydrogens is 928 g/mol. The molecule has 4 amide bonds. The number of amides is 4. The van der Waals surface area contributed by atoms with Crippen LogP contribution in [0.3, 0.4) is 0 Å². The third-order valence-electron chi connectivity index (χ3n) is 11.9. The third kappa shape index (κ3) is 14.4. The number of oxazole rings is 1. The van der Waals surface area contributed by atoms with Crippen LogP contribution in [0.5, 0.6) is 5.75 Å². The second kappa shape index (κ2) is 24.5. The molecule has 2 atom stereocenters. The maximum absolute atomic E-state index is 13.9. The van der Waals surface area contributed by atoms with E-state index in [1.165, 1.54) is 25.0 Å². The van der Waals surface area contributed by atoms with E-state index in [2.05, 4.69) is 15.6 Å². The molecule has 376 valence electrons. The Bertz CT molecular complexity index is 2470. The molecule has 1 aliphatic heterocycles. The molecule has 15 nitrogen and oxygen atoms in total. The molecule has 70 heavy (non-hydrogen) atoms. The van der Waals surface area contributed by atoms with E-state index in [0.717, 1.165) is 40.3 Å². The van der Waals surface area contributed by atoms with E-state index < -0.39 is 52.2 Å². The summed E-state index contributed by atoms with van der Waals surface area (Å²) in [7, 11) is 1.37. The number of thiocarbonyl (C=S) groups is 1. The average Bonchev–Trinajstić information content (AvgIpc) is 4.00. The topological polar surface area (TPSA) is 180 Å². The Kier molecular flexibility index (Phi) is 19.1. The fourth-order valence-electron chi connectivity index (χ4n) is 7.93. The minimum atomic E-state index is -4.77. The number of anilines is 2. The molecule has 1 aromatic heterocycles. The van der Waals surface area contributed by atoms with Crippen LogP contribution in [0.2, 0.25) is 0 Å². The summed E-state index contributed by atoms with van der Waals surface area (Å²) in [6, 6.07) is 17.7. The smallest absolute Gasteiger partial charge is 0.417 e. The van der Waals surface area contributed by atoms with Gasteiger partial charge in [0.25, 0.3) is 5.91 Å². The standard InChI is InChI=1S/C51H62F3N7O8S/c1-34-44(69-32-57-34)36-15-13-35(14-16-36)30-56-46(63)42-12-10-23-60(42)47(64)45(49(2,3)4)58-43(62)31-67-26-11-25-66-24-8-9-27-68-40-21-19-38(20-22-40)61(33-70)50(5,6)48(65)59(7)39-18-17-37(29-55)41(28-39)51(52,53)54/h13-22,28,32-33,42,45H,8-12,23-27,30-31H2,1-7H3,(H,56,63)(H,58,62). The minimum Gasteiger partial charge on any atom is -0.494 e. The maximum atomic E-state index is 13.9. The highest BCUT2D eigenvalue weighted by atomic mass is 32.1. The summed E-state index contributed by atoms with van der Waals surface area (Å²) in [5, 5.41) is 15.0. The first-order valence-electron chi connectivity index (χ1n) is 23.1. The van der Waals surface area contributed by atoms with Crippen molar-refractivity contribution in [3.8, 4) is 23.1 Å². The normalized spacial score (nSPS) is 14.4. The monoisotopic (exact) mass is 989 g/mol. The fourth-order valence-corrected chi connectivity index (χ4v) is 8.31. The number of carbonyl (C=O) groups is 4. The van der Waals surface area contributed by atoms with E-state index in [1.54, 1.807) is 54.0 Å². The number of rotatable bonds is 23. The Morgan fingerprint density at radius 1 is 0.943 bits per heavy atom. The predicted molar refractivity (Wildman–Crippen MR) is 262 cm³/mol. The molecule has 0 saturated carbocycles. The number of aryl methyl sites for hydroxylation is 1. The van der Waals surface area contributed by atoms with E-state index in [-0.39, 0.29) is 30.7 Å². The molecule has 4 aromatic rings. The van der Waals surface area contributed by atoms with Crippen LogP contribution in [-0.4, -0.2) is 103 Å². The van der Waals surface area contributed by atoms with Gasteiger partial charge in [-0.3, -0.25) is 19.2 Å². The quantitative estimate of drug-likeness (QED) is 0.0539. The van der Waals surface area contributed by atoms with Crippen molar-refractivity contribution in [2.24, 2.45) is 5.41 Å². The number of unbranched alkanes of at least 4 members (excludes halogenated alkanes) is 1. The lowest BCUT2D eigenvalue weighted by Gasteiger charge is -2.38. The molecule has 5 rings (SSSR count). The Labute approximate surface area is 412 Å². The molecule has 2 N–H and O–H groups in total. The SMILES string of the molecule is Cc1ncoc1-c1ccc(CNC(=O)C2CCCN2C(=O)C(NC(=O)COCCCOCCCCOc2ccc(N(C=S)C(C)(C)C(=O)N(C)c3ccc(C#N)c(C(F)(F)F)c3)cc2)C(C)(C)C)cc1. The van der Waals surface area contributed by atoms with Gasteiger partial charge in [0.05, 0.1) is 35.0 Å². The largest absolute Gasteiger partial charge is 0.494 e. The van der Waals surface area contributed by atoms with Crippen molar-refractivity contribution in [1.82, 2.24) is 20.5 Å². The number of hydrogen-bond acceptors (Lipinski definition) is 11. The van der Waals surface area contributed by atoms with Crippen LogP contribution < -0.4 is 25.2 Å². The molecule has 1 saturated heterocycles. The van der Waals surface area contributed by atoms with Crippen molar-refractivity contribution in [2.45, 2.75) is 104 Å². The summed E-state index contributed by atoms with van der Waals surface area (Å²) in [6.07, 6.45) is -0.180. The van der Waals surface area contributed by atoms with Gasteiger partial charge in [0.1, 0.15) is 30.0 Å². The van der Waals surface area contributed by atoms with Crippen molar-refractivity contribution in [1.29, 1.82) is 5.26 Å². The molecular formula is C51H62F3N7O8S. The second-order valence-electron chi connectivity index (χ2n) is 18.5. The summed E-state index contributed by atoms with van der Waals surface area (Å²) in [5.74, 6) is -0.236. The lowest BCUT2D eigenvalue weighted by atomic mass is 9.85. The zero-order valence-corrected chi connectivity index (χ0v) is 41.5. The lowest BCUT2D eigenvalue weighted by Crippen LogP contribution is -2.58. The molecule has 0 radical (unpaired) electrons. The zero-order valence-electron chi connectivity index (χ0n) is 40.7. The molecule has 2 heterocycles. The molecule has 1 fully saturated rings. The highest BCUT2D eigenvalue weighted by molar-refractivity contribution is 7.79. The number of likely N-dealkylation sites (tertiary alicyclic amines) is 1. The molecule has 1 aliphatic rings. The van der Waals surface area contributed by atoms with Crippen LogP contribution in [0.4, 0.5) is 24.5 Å². The van der Waals surface area contributed by atoms with E-state index in [4.69, 9.17) is 36.1 Å². The molecule has 2 unspecified atom stereocenters. The van der Waals surface area contributed by atoms with E-state index in [1.807, 2.05) is 52.0 Å². The number of benzene rings is 3. The zero-order chi connectivity index (χ0) is 51.2. The molecule has 0 aliphatic carbocycles. The van der Waals surface area contributed by atoms with Crippen LogP contribution in [0.1, 0.15) is 89.1 Å². The number of aromatic nitrogens is 1. The Hall–Kier alpha value is -6.36. The number of likely N-dealkylation sites (N-methyl/N-ethyl adjacent to an activating group) is 1. The maximum Gasteiger partial charge on any atom is 0.417 e. The first kappa shape index (κ1) is 54.6. The summed E-state index contributed by atoms with van der Waals surface area (Å²) in [6.45, 7) is 12.8. The number of hydrogen-bond donors (Lipinski definition) is 2. The summed E-state index contributed by atoms with van der Waals surface area (Å²) < 4.78 is 63.5. The van der Waals surface area contributed by atoms with E-state index in [0.29, 0.717) is 75.8 Å². The van der Waals surface area contributed by atoms with Crippen molar-refractivity contribution >= 4 is 52.7 Å². The van der Waals surface area contributed by atoms with Gasteiger partial charge >= 0.3 is 6.18 Å². The van der Waals surface area contributed by atoms with Gasteiger partial charge in [-0.1, -0.05) is 57.3 Å². The van der Waals surface area contributed by atoms with Crippen molar-refractivity contribution in [3.05, 3.63) is 95.5 Å². The number of nitrogens with one attached hydrogen (secondary N) is 2. The minimum absolute atomic E-state index is 0.0244. The van der Waals surface area contributed by atoms with Gasteiger partial charge in [-0.25, -0.2) is 4.98 Å². The van der Waals surface area contributed by atoms with Crippen LogP contribution >= 0.6 is 12.2 Å². The summed E-state index contributed by atoms with van der Waals surface area (Å²) in [4.78, 5) is 62.3. The predicted octanol–water partition coefficient (Wildman–Crippen LogP) is 8.17. The third-order valence-corrected chi connectivity index (χ3v) is 12.1. The molecule has 0 spiro atoms. The number of nitriles is 1. The lowest BCUT2D eigenvalue weighted by molar-refractivity contribution is -0.144. The summed E-state index contributed by atoms with van der Waals surface area (Å²) in [5.41, 5.74) is 0.813. The van der Waals surface area contributed by atoms with Gasteiger partial charge in [-0.05, 0) is 106 Å². The van der Waals surface area contributed by atoms with Gasteiger partial charge in [0.2, 0.25) is 17.7 Å². The molecule has 3 aromatic carbocycles. The van der Waals surface area contributed by atoms with Crippen molar-refractivity contribution < 1.29 is 51.0 Å². The molecule has 19 heteroatoms. The average molecular weight is 990 g/mol. The van der Waals surface area contributed by atoms with Gasteiger partial charge in [-0.2, -0.15) is 18.4 Å². The van der Waals surface area contributed by atoms with Gasteiger partial charge < -0.3 is 44.0 Å². The van der Waals surface area contributed by atoms with Gasteiger partial charge in [0, 0.05) is 56.9 Å². The van der Waals surface area contributed by atoms with Crippen LogP contribution in [0.15, 0.2) is 77.5 Å². The number of nitrogens with zero attached hydrogens (tertiary/aromatic N) is 5. The first-order chi connectivity index (χ1) is 33.2. The van der Waals surface area contributed by atoms with Gasteiger partial charge in [-0.15, -0.1) is 0 Å². The van der Waals surface area contributed by atoms with Crippen LogP contribution in [-0.2, 0) is 41.4 Å². The number of ether oxygens (including phenoxy) is 3. The van der Waals surface area contributed by atoms with Crippen LogP contribution in [0.25, 0.3) is 11.3 Å². The Morgan fingerprint density at radius 2 is 1.60 bits per heavy atom. The molecule has 0 bridgehead atoms. The van der Waals surface area contributed by atoms with E-state index in [9.17, 15) is 32.3 Å². The summed E-state index contributed by atoms with van der Waals surface area (Å²) >= 11 is 5.26. The Balaban J connectivity index is 0.963. The first-order valence-corrected chi connectivity index (χ1v) is 23.5. The fraction of sp³-hybridized carbons (Fsp3) is 0.471. The van der Waals surface area contributed by atoms with Gasteiger partial charge in [0.15, 0.2) is 12.2 Å². The number of carbonyl (C=O) groups excluding carboxylic acids is 4. The highest BCUT2D eigenvalue weighted by Gasteiger charge is 2.42. The second-order valence-corrected chi connectivity index (χ2v) is 18.8. The van der Waals surface area contributed by atoms with Crippen molar-refractivity contribution in [3.63, 3.8) is 0 Å². The number of halogens is 3. The van der Waals surface area contributed by atoms with Crippen LogP contribution in [0, 0.1) is 23.7 Å².